The second-order valence-corrected chi connectivity index (χ2v) is 22.7. The first-order chi connectivity index (χ1) is 43.8. The zero-order valence-corrected chi connectivity index (χ0v) is 48.5. The number of benzene rings is 13. The summed E-state index contributed by atoms with van der Waals surface area (Å²) in [5.41, 5.74) is 18.8. The van der Waals surface area contributed by atoms with Crippen molar-refractivity contribution in [3.05, 3.63) is 390 Å². The van der Waals surface area contributed by atoms with Crippen LogP contribution in [-0.2, 0) is 10.8 Å². The lowest BCUT2D eigenvalue weighted by Crippen LogP contribution is -2.29. The minimum Gasteiger partial charge on any atom is -0.457 e. The third-order valence-electron chi connectivity index (χ3n) is 17.8. The van der Waals surface area contributed by atoms with Gasteiger partial charge in [-0.25, -0.2) is 8.78 Å². The number of anilines is 3. The van der Waals surface area contributed by atoms with Gasteiger partial charge in [0.05, 0.1) is 10.8 Å². The topological polar surface area (TPSA) is 21.7 Å². The molecule has 2 atom stereocenters. The Morgan fingerprint density at radius 1 is 0.281 bits per heavy atom. The van der Waals surface area contributed by atoms with Gasteiger partial charge in [-0.05, 0) is 215 Å². The van der Waals surface area contributed by atoms with Crippen LogP contribution in [0.2, 0.25) is 0 Å². The summed E-state index contributed by atoms with van der Waals surface area (Å²) < 4.78 is 45.2. The minimum absolute atomic E-state index is 0.330. The van der Waals surface area contributed by atoms with Gasteiger partial charge in [-0.1, -0.05) is 219 Å². The highest BCUT2D eigenvalue weighted by atomic mass is 19.1. The van der Waals surface area contributed by atoms with Crippen molar-refractivity contribution in [1.82, 2.24) is 0 Å². The number of hydrogen-bond donors (Lipinski definition) is 0. The molecule has 0 saturated heterocycles. The molecule has 0 radical (unpaired) electrons. The Kier molecular flexibility index (Phi) is 13.7. The second kappa shape index (κ2) is 22.5. The largest absolute Gasteiger partial charge is 0.457 e. The molecule has 0 N–H and O–H groups in total. The van der Waals surface area contributed by atoms with E-state index in [4.69, 9.17) is 9.47 Å². The zero-order valence-electron chi connectivity index (χ0n) is 48.5. The number of halogens is 2. The van der Waals surface area contributed by atoms with Crippen molar-refractivity contribution in [1.29, 1.82) is 0 Å². The van der Waals surface area contributed by atoms with Crippen molar-refractivity contribution in [3.8, 4) is 67.5 Å². The van der Waals surface area contributed by atoms with E-state index >= 15 is 8.78 Å². The van der Waals surface area contributed by atoms with Gasteiger partial charge in [-0.2, -0.15) is 0 Å². The van der Waals surface area contributed by atoms with E-state index < -0.39 is 10.8 Å². The maximum Gasteiger partial charge on any atom is 0.127 e. The molecule has 5 heteroatoms. The third kappa shape index (κ3) is 9.43. The van der Waals surface area contributed by atoms with Gasteiger partial charge < -0.3 is 14.4 Å². The molecule has 0 saturated carbocycles. The van der Waals surface area contributed by atoms with Crippen LogP contribution in [0.25, 0.3) is 56.7 Å². The molecule has 0 spiro atoms. The van der Waals surface area contributed by atoms with E-state index in [0.29, 0.717) is 23.0 Å². The highest BCUT2D eigenvalue weighted by Crippen LogP contribution is 2.60. The van der Waals surface area contributed by atoms with Crippen molar-refractivity contribution in [2.75, 3.05) is 4.90 Å². The van der Waals surface area contributed by atoms with Gasteiger partial charge in [-0.3, -0.25) is 0 Å². The molecule has 3 nitrogen and oxygen atoms in total. The number of rotatable bonds is 15. The molecule has 15 rings (SSSR count). The predicted octanol–water partition coefficient (Wildman–Crippen LogP) is 22.4. The number of ether oxygens (including phenoxy) is 2. The van der Waals surface area contributed by atoms with Crippen LogP contribution < -0.4 is 14.4 Å². The fourth-order valence-corrected chi connectivity index (χ4v) is 13.8. The van der Waals surface area contributed by atoms with Crippen LogP contribution in [0.15, 0.2) is 323 Å². The molecular weight excluding hydrogens is 1090 g/mol. The highest BCUT2D eigenvalue weighted by molar-refractivity contribution is 5.93. The van der Waals surface area contributed by atoms with Gasteiger partial charge in [0.1, 0.15) is 34.6 Å². The summed E-state index contributed by atoms with van der Waals surface area (Å²) in [6.07, 6.45) is 3.62. The lowest BCUT2D eigenvalue weighted by atomic mass is 9.67. The smallest absolute Gasteiger partial charge is 0.127 e. The molecule has 13 aromatic rings. The molecule has 424 valence electrons. The van der Waals surface area contributed by atoms with Crippen molar-refractivity contribution in [3.63, 3.8) is 0 Å². The van der Waals surface area contributed by atoms with Crippen LogP contribution in [0.5, 0.6) is 23.0 Å². The first kappa shape index (κ1) is 54.3. The van der Waals surface area contributed by atoms with E-state index in [1.165, 1.54) is 12.1 Å². The molecule has 89 heavy (non-hydrogen) atoms. The molecule has 0 amide bonds. The summed E-state index contributed by atoms with van der Waals surface area (Å²) in [5.74, 6) is 2.08. The molecule has 2 aliphatic carbocycles. The summed E-state index contributed by atoms with van der Waals surface area (Å²) in [6, 6.07) is 105. The second-order valence-electron chi connectivity index (χ2n) is 22.7. The maximum absolute atomic E-state index is 16.2. The minimum atomic E-state index is -0.989. The van der Waals surface area contributed by atoms with Crippen LogP contribution in [0.3, 0.4) is 0 Å². The number of nitrogens with zero attached hydrogens (tertiary/aromatic N) is 1. The van der Waals surface area contributed by atoms with Gasteiger partial charge in [0.15, 0.2) is 0 Å². The Labute approximate surface area is 517 Å². The highest BCUT2D eigenvalue weighted by Gasteiger charge is 2.48. The van der Waals surface area contributed by atoms with Crippen LogP contribution in [0, 0.1) is 11.6 Å². The lowest BCUT2D eigenvalue weighted by Gasteiger charge is -2.36. The molecule has 0 heterocycles. The van der Waals surface area contributed by atoms with Gasteiger partial charge in [0.25, 0.3) is 0 Å². The molecule has 0 aliphatic heterocycles. The van der Waals surface area contributed by atoms with E-state index in [1.54, 1.807) is 12.1 Å². The zero-order chi connectivity index (χ0) is 60.1. The Hall–Kier alpha value is -11.4. The predicted molar refractivity (Wildman–Crippen MR) is 360 cm³/mol. The summed E-state index contributed by atoms with van der Waals surface area (Å²) in [4.78, 5) is 2.34. The molecule has 0 fully saturated rings. The SMILES string of the molecule is C=Cc1ccc(Oc2ccc(C3(c4cccc(F)c4)c4ccccc4-c4ccc(N(c5cccc(-c6cccc(-c7ccccc7)c6)c5)c5ccc6c(c5)C(c5ccc(Oc7ccc(C=C)cc7)cc5)(c5cccc(F)c5)c5ccccc5-6)cc43)cc2)cc1. The van der Waals surface area contributed by atoms with Gasteiger partial charge in [0.2, 0.25) is 0 Å². The first-order valence-electron chi connectivity index (χ1n) is 29.9. The fourth-order valence-electron chi connectivity index (χ4n) is 13.8. The molecule has 2 aliphatic rings. The Balaban J connectivity index is 0.947. The third-order valence-corrected chi connectivity index (χ3v) is 17.8. The van der Waals surface area contributed by atoms with E-state index in [-0.39, 0.29) is 11.6 Å². The van der Waals surface area contributed by atoms with Crippen LogP contribution in [-0.4, -0.2) is 0 Å². The molecule has 0 aromatic heterocycles. The maximum atomic E-state index is 16.2. The van der Waals surface area contributed by atoms with E-state index in [9.17, 15) is 0 Å². The first-order valence-corrected chi connectivity index (χ1v) is 29.9. The summed E-state index contributed by atoms with van der Waals surface area (Å²) >= 11 is 0. The molecule has 0 bridgehead atoms. The van der Waals surface area contributed by atoms with Gasteiger partial charge in [-0.15, -0.1) is 0 Å². The molecule has 2 unspecified atom stereocenters. The standard InChI is InChI=1S/C84H57F2NO2/c1-3-56-30-40-71(41-31-56)88-73-44-34-62(35-45-73)83(64-21-14-23-66(85)52-64)79-28-10-8-26-75(79)77-48-38-69(54-81(77)83)87(68-25-13-20-61(51-68)60-19-12-18-59(50-60)58-16-6-5-7-17-58)70-39-49-78-76-27-9-11-29-80(76)84(82(78)55-70,65-22-15-24-67(86)53-65)63-36-46-74(47-37-63)89-72-42-32-57(4-2)33-43-72/h3-55H,1-2H2. The van der Waals surface area contributed by atoms with E-state index in [1.807, 2.05) is 115 Å². The fraction of sp³-hybridized carbons (Fsp3) is 0.0238. The van der Waals surface area contributed by atoms with Crippen molar-refractivity contribution < 1.29 is 18.3 Å². The Bertz CT molecular complexity index is 4600. The number of fused-ring (bicyclic) bond motifs is 6. The van der Waals surface area contributed by atoms with E-state index in [2.05, 4.69) is 200 Å². The quantitative estimate of drug-likeness (QED) is 0.102. The van der Waals surface area contributed by atoms with Gasteiger partial charge in [0, 0.05) is 17.1 Å². The van der Waals surface area contributed by atoms with E-state index in [0.717, 1.165) is 117 Å². The number of hydrogen-bond acceptors (Lipinski definition) is 3. The normalized spacial score (nSPS) is 15.0. The Morgan fingerprint density at radius 2 is 0.652 bits per heavy atom. The van der Waals surface area contributed by atoms with Crippen molar-refractivity contribution >= 4 is 29.2 Å². The average molecular weight is 1150 g/mol. The Morgan fingerprint density at radius 3 is 1.11 bits per heavy atom. The van der Waals surface area contributed by atoms with Crippen LogP contribution >= 0.6 is 0 Å². The van der Waals surface area contributed by atoms with Crippen LogP contribution in [0.4, 0.5) is 25.8 Å². The average Bonchev–Trinajstić information content (AvgIpc) is 1.57. The molecule has 13 aromatic carbocycles. The lowest BCUT2D eigenvalue weighted by molar-refractivity contribution is 0.482. The van der Waals surface area contributed by atoms with Crippen molar-refractivity contribution in [2.45, 2.75) is 10.8 Å². The summed E-state index contributed by atoms with van der Waals surface area (Å²) in [6.45, 7) is 7.83. The summed E-state index contributed by atoms with van der Waals surface area (Å²) in [5, 5.41) is 0. The monoisotopic (exact) mass is 1150 g/mol. The van der Waals surface area contributed by atoms with Crippen LogP contribution in [0.1, 0.15) is 55.6 Å². The van der Waals surface area contributed by atoms with Crippen molar-refractivity contribution in [2.24, 2.45) is 0 Å². The van der Waals surface area contributed by atoms with Gasteiger partial charge >= 0.3 is 0 Å². The summed E-state index contributed by atoms with van der Waals surface area (Å²) in [7, 11) is 0. The molecular formula is C84H57F2NO2.